The molecule has 0 aliphatic heterocycles. The molecular formula is C21H24N4O5S. The highest BCUT2D eigenvalue weighted by Crippen LogP contribution is 2.19. The Morgan fingerprint density at radius 3 is 2.32 bits per heavy atom. The van der Waals surface area contributed by atoms with Crippen molar-refractivity contribution in [2.24, 2.45) is 5.92 Å². The van der Waals surface area contributed by atoms with Crippen LogP contribution in [0, 0.1) is 5.92 Å². The average Bonchev–Trinajstić information content (AvgIpc) is 2.75. The lowest BCUT2D eigenvalue weighted by Gasteiger charge is -2.15. The summed E-state index contributed by atoms with van der Waals surface area (Å²) in [5, 5.41) is 7.88. The Kier molecular flexibility index (Phi) is 6.54. The van der Waals surface area contributed by atoms with Gasteiger partial charge in [-0.15, -0.1) is 0 Å². The van der Waals surface area contributed by atoms with Gasteiger partial charge < -0.3 is 5.32 Å². The molecule has 0 fully saturated rings. The fourth-order valence-electron chi connectivity index (χ4n) is 3.02. The van der Waals surface area contributed by atoms with Gasteiger partial charge in [-0.2, -0.15) is 5.10 Å². The third kappa shape index (κ3) is 4.66. The second kappa shape index (κ2) is 8.96. The van der Waals surface area contributed by atoms with Gasteiger partial charge in [0.2, 0.25) is 0 Å². The Balaban J connectivity index is 1.95. The maximum Gasteiger partial charge on any atom is 0.276 e. The van der Waals surface area contributed by atoms with Crippen molar-refractivity contribution in [3.8, 4) is 0 Å². The third-order valence-corrected chi connectivity index (χ3v) is 6.32. The smallest absolute Gasteiger partial charge is 0.276 e. The van der Waals surface area contributed by atoms with E-state index in [-0.39, 0.29) is 22.1 Å². The van der Waals surface area contributed by atoms with Crippen molar-refractivity contribution >= 4 is 32.4 Å². The zero-order chi connectivity index (χ0) is 22.8. The SMILES string of the molecule is CON(C)S(=O)(=O)c1ccc(NC(=O)c2nn(CC(C)C)c(=O)c3ccccc23)cc1. The van der Waals surface area contributed by atoms with E-state index in [0.717, 1.165) is 4.47 Å². The minimum atomic E-state index is -3.79. The summed E-state index contributed by atoms with van der Waals surface area (Å²) < 4.78 is 26.6. The molecule has 0 bridgehead atoms. The average molecular weight is 445 g/mol. The van der Waals surface area contributed by atoms with Gasteiger partial charge in [-0.1, -0.05) is 36.5 Å². The van der Waals surface area contributed by atoms with Gasteiger partial charge in [0.1, 0.15) is 0 Å². The van der Waals surface area contributed by atoms with Gasteiger partial charge >= 0.3 is 0 Å². The second-order valence-electron chi connectivity index (χ2n) is 7.35. The minimum Gasteiger partial charge on any atom is -0.321 e. The quantitative estimate of drug-likeness (QED) is 0.561. The van der Waals surface area contributed by atoms with Crippen molar-refractivity contribution in [1.29, 1.82) is 0 Å². The molecule has 0 saturated carbocycles. The van der Waals surface area contributed by atoms with Crippen LogP contribution in [0.4, 0.5) is 5.69 Å². The molecule has 1 aromatic heterocycles. The van der Waals surface area contributed by atoms with E-state index in [9.17, 15) is 18.0 Å². The van der Waals surface area contributed by atoms with Crippen LogP contribution in [0.3, 0.4) is 0 Å². The van der Waals surface area contributed by atoms with Crippen molar-refractivity contribution in [2.75, 3.05) is 19.5 Å². The summed E-state index contributed by atoms with van der Waals surface area (Å²) >= 11 is 0. The highest BCUT2D eigenvalue weighted by Gasteiger charge is 2.21. The number of aromatic nitrogens is 2. The number of sulfonamides is 1. The number of nitrogens with zero attached hydrogens (tertiary/aromatic N) is 3. The van der Waals surface area contributed by atoms with Crippen molar-refractivity contribution in [3.63, 3.8) is 0 Å². The van der Waals surface area contributed by atoms with E-state index < -0.39 is 15.9 Å². The van der Waals surface area contributed by atoms with Crippen LogP contribution in [0.1, 0.15) is 24.3 Å². The lowest BCUT2D eigenvalue weighted by molar-refractivity contribution is -0.0258. The van der Waals surface area contributed by atoms with Gasteiger partial charge in [0.05, 0.1) is 17.4 Å². The molecule has 2 aromatic carbocycles. The number of rotatable bonds is 7. The van der Waals surface area contributed by atoms with E-state index >= 15 is 0 Å². The lowest BCUT2D eigenvalue weighted by Crippen LogP contribution is -2.29. The van der Waals surface area contributed by atoms with Gasteiger partial charge in [0.15, 0.2) is 5.69 Å². The number of nitrogens with one attached hydrogen (secondary N) is 1. The van der Waals surface area contributed by atoms with Crippen LogP contribution < -0.4 is 10.9 Å². The Labute approximate surface area is 180 Å². The molecule has 1 amide bonds. The second-order valence-corrected chi connectivity index (χ2v) is 9.29. The van der Waals surface area contributed by atoms with Crippen LogP contribution in [-0.4, -0.2) is 42.7 Å². The minimum absolute atomic E-state index is 0.0175. The van der Waals surface area contributed by atoms with Crippen LogP contribution in [-0.2, 0) is 21.4 Å². The number of hydrogen-bond donors (Lipinski definition) is 1. The van der Waals surface area contributed by atoms with Crippen LogP contribution in [0.15, 0.2) is 58.2 Å². The first-order chi connectivity index (χ1) is 14.6. The molecule has 31 heavy (non-hydrogen) atoms. The molecule has 3 aromatic rings. The molecule has 10 heteroatoms. The summed E-state index contributed by atoms with van der Waals surface area (Å²) in [4.78, 5) is 30.5. The maximum absolute atomic E-state index is 13.0. The molecule has 0 radical (unpaired) electrons. The lowest BCUT2D eigenvalue weighted by atomic mass is 10.1. The van der Waals surface area contributed by atoms with E-state index in [1.54, 1.807) is 24.3 Å². The van der Waals surface area contributed by atoms with E-state index in [2.05, 4.69) is 10.4 Å². The van der Waals surface area contributed by atoms with E-state index in [4.69, 9.17) is 4.84 Å². The molecule has 1 heterocycles. The molecule has 0 saturated heterocycles. The number of carbonyl (C=O) groups excluding carboxylic acids is 1. The molecule has 0 spiro atoms. The fraction of sp³-hybridized carbons (Fsp3) is 0.286. The van der Waals surface area contributed by atoms with E-state index in [1.807, 2.05) is 13.8 Å². The normalized spacial score (nSPS) is 11.9. The van der Waals surface area contributed by atoms with Gasteiger partial charge in [-0.3, -0.25) is 14.4 Å². The Morgan fingerprint density at radius 2 is 1.74 bits per heavy atom. The maximum atomic E-state index is 13.0. The standard InChI is InChI=1S/C21H24N4O5S/c1-14(2)13-25-21(27)18-8-6-5-7-17(18)19(23-25)20(26)22-15-9-11-16(12-10-15)31(28,29)24(3)30-4/h5-12,14H,13H2,1-4H3,(H,22,26). The van der Waals surface area contributed by atoms with Gasteiger partial charge in [0.25, 0.3) is 21.5 Å². The molecule has 1 N–H and O–H groups in total. The molecule has 0 unspecified atom stereocenters. The summed E-state index contributed by atoms with van der Waals surface area (Å²) in [6.45, 7) is 4.29. The molecular weight excluding hydrogens is 420 g/mol. The van der Waals surface area contributed by atoms with Gasteiger partial charge in [-0.25, -0.2) is 13.1 Å². The number of fused-ring (bicyclic) bond motifs is 1. The summed E-state index contributed by atoms with van der Waals surface area (Å²) in [5.74, 6) is -0.333. The van der Waals surface area contributed by atoms with Gasteiger partial charge in [0, 0.05) is 24.7 Å². The number of anilines is 1. The Bertz CT molecular complexity index is 1270. The molecule has 0 atom stereocenters. The van der Waals surface area contributed by atoms with Crippen LogP contribution in [0.2, 0.25) is 0 Å². The monoisotopic (exact) mass is 444 g/mol. The van der Waals surface area contributed by atoms with Gasteiger partial charge in [-0.05, 0) is 36.2 Å². The molecule has 9 nitrogen and oxygen atoms in total. The molecule has 3 rings (SSSR count). The summed E-state index contributed by atoms with van der Waals surface area (Å²) in [6.07, 6.45) is 0. The van der Waals surface area contributed by atoms with Crippen LogP contribution in [0.25, 0.3) is 10.8 Å². The topological polar surface area (TPSA) is 111 Å². The number of amides is 1. The van der Waals surface area contributed by atoms with Crippen molar-refractivity contribution in [2.45, 2.75) is 25.3 Å². The summed E-state index contributed by atoms with van der Waals surface area (Å²) in [6, 6.07) is 12.5. The molecule has 0 aliphatic rings. The highest BCUT2D eigenvalue weighted by molar-refractivity contribution is 7.89. The highest BCUT2D eigenvalue weighted by atomic mass is 32.2. The Hall–Kier alpha value is -3.08. The number of carbonyl (C=O) groups is 1. The summed E-state index contributed by atoms with van der Waals surface area (Å²) in [7, 11) is -1.25. The van der Waals surface area contributed by atoms with E-state index in [0.29, 0.717) is 23.0 Å². The van der Waals surface area contributed by atoms with Crippen molar-refractivity contribution in [1.82, 2.24) is 14.2 Å². The number of hydrogen-bond acceptors (Lipinski definition) is 6. The van der Waals surface area contributed by atoms with Crippen molar-refractivity contribution < 1.29 is 18.0 Å². The first-order valence-corrected chi connectivity index (χ1v) is 11.0. The first-order valence-electron chi connectivity index (χ1n) is 9.59. The van der Waals surface area contributed by atoms with E-state index in [1.165, 1.54) is 43.1 Å². The predicted octanol–water partition coefficient (Wildman–Crippen LogP) is 2.49. The first kappa shape index (κ1) is 22.6. The zero-order valence-corrected chi connectivity index (χ0v) is 18.5. The Morgan fingerprint density at radius 1 is 1.13 bits per heavy atom. The largest absolute Gasteiger partial charge is 0.321 e. The third-order valence-electron chi connectivity index (χ3n) is 4.63. The molecule has 0 aliphatic carbocycles. The predicted molar refractivity (Wildman–Crippen MR) is 117 cm³/mol. The van der Waals surface area contributed by atoms with Crippen LogP contribution in [0.5, 0.6) is 0 Å². The number of benzene rings is 2. The fourth-order valence-corrected chi connectivity index (χ4v) is 3.99. The summed E-state index contributed by atoms with van der Waals surface area (Å²) in [5.41, 5.74) is 0.251. The zero-order valence-electron chi connectivity index (χ0n) is 17.7. The molecule has 164 valence electrons. The number of hydroxylamine groups is 1. The van der Waals surface area contributed by atoms with Crippen molar-refractivity contribution in [3.05, 3.63) is 64.6 Å². The van der Waals surface area contributed by atoms with Crippen LogP contribution >= 0.6 is 0 Å².